The van der Waals surface area contributed by atoms with Crippen molar-refractivity contribution in [3.63, 3.8) is 0 Å². The van der Waals surface area contributed by atoms with Gasteiger partial charge in [-0.3, -0.25) is 19.4 Å². The second kappa shape index (κ2) is 10.2. The number of imidazole rings is 1. The normalized spacial score (nSPS) is 15.1. The van der Waals surface area contributed by atoms with Gasteiger partial charge in [0.1, 0.15) is 11.7 Å². The van der Waals surface area contributed by atoms with E-state index in [2.05, 4.69) is 20.6 Å². The minimum atomic E-state index is -0.794. The Morgan fingerprint density at radius 1 is 1.08 bits per heavy atom. The highest BCUT2D eigenvalue weighted by Gasteiger charge is 2.35. The third-order valence-corrected chi connectivity index (χ3v) is 6.28. The van der Waals surface area contributed by atoms with Gasteiger partial charge in [-0.2, -0.15) is 0 Å². The van der Waals surface area contributed by atoms with Gasteiger partial charge in [0.05, 0.1) is 17.6 Å². The third-order valence-electron chi connectivity index (χ3n) is 6.04. The van der Waals surface area contributed by atoms with E-state index in [1.54, 1.807) is 71.6 Å². The molecule has 1 aliphatic rings. The average Bonchev–Trinajstić information content (AvgIpc) is 3.30. The summed E-state index contributed by atoms with van der Waals surface area (Å²) in [5.74, 6) is -0.934. The predicted octanol–water partition coefficient (Wildman–Crippen LogP) is 3.93. The van der Waals surface area contributed by atoms with Crippen LogP contribution < -0.4 is 10.6 Å². The van der Waals surface area contributed by atoms with Gasteiger partial charge in [-0.15, -0.1) is 0 Å². The van der Waals surface area contributed by atoms with E-state index >= 15 is 0 Å². The van der Waals surface area contributed by atoms with Crippen LogP contribution in [0.3, 0.4) is 0 Å². The number of carbonyl (C=O) groups is 3. The van der Waals surface area contributed by atoms with Gasteiger partial charge in [-0.1, -0.05) is 29.8 Å². The largest absolute Gasteiger partial charge is 0.340 e. The number of fused-ring (bicyclic) bond motifs is 1. The van der Waals surface area contributed by atoms with Gasteiger partial charge in [-0.25, -0.2) is 4.98 Å². The van der Waals surface area contributed by atoms with Crippen LogP contribution >= 0.6 is 11.6 Å². The van der Waals surface area contributed by atoms with Gasteiger partial charge in [-0.05, 0) is 48.0 Å². The molecule has 2 aromatic carbocycles. The van der Waals surface area contributed by atoms with E-state index in [0.717, 1.165) is 5.56 Å². The molecular formula is C27H23ClN6O3. The summed E-state index contributed by atoms with van der Waals surface area (Å²) in [5.41, 5.74) is 3.12. The summed E-state index contributed by atoms with van der Waals surface area (Å²) < 4.78 is 1.69. The molecule has 10 heteroatoms. The van der Waals surface area contributed by atoms with E-state index in [4.69, 9.17) is 11.6 Å². The summed E-state index contributed by atoms with van der Waals surface area (Å²) in [6.45, 7) is 0.181. The fourth-order valence-electron chi connectivity index (χ4n) is 4.18. The average molecular weight is 515 g/mol. The van der Waals surface area contributed by atoms with Crippen molar-refractivity contribution in [2.45, 2.75) is 19.0 Å². The Balaban J connectivity index is 1.41. The molecule has 0 bridgehead atoms. The molecule has 1 atom stereocenters. The number of benzene rings is 2. The number of pyridine rings is 1. The number of hydrogen-bond acceptors (Lipinski definition) is 5. The fourth-order valence-corrected chi connectivity index (χ4v) is 4.35. The summed E-state index contributed by atoms with van der Waals surface area (Å²) in [4.78, 5) is 49.3. The molecule has 2 N–H and O–H groups in total. The van der Waals surface area contributed by atoms with Gasteiger partial charge < -0.3 is 20.1 Å². The first-order valence-corrected chi connectivity index (χ1v) is 11.9. The first kappa shape index (κ1) is 24.2. The van der Waals surface area contributed by atoms with Crippen molar-refractivity contribution in [1.82, 2.24) is 19.4 Å². The number of aromatic nitrogens is 3. The molecule has 37 heavy (non-hydrogen) atoms. The molecule has 3 amide bonds. The molecule has 0 saturated heterocycles. The SMILES string of the molecule is Cn1cnc(C(=O)Nc2ccc(CN3C(=O)c4ccc(Cl)cc4NC(=O)[C@H]3Cc3ccccn3)cc2)c1. The van der Waals surface area contributed by atoms with E-state index in [0.29, 0.717) is 33.3 Å². The van der Waals surface area contributed by atoms with Crippen LogP contribution in [-0.2, 0) is 24.8 Å². The van der Waals surface area contributed by atoms with Crippen LogP contribution in [0.15, 0.2) is 79.4 Å². The highest BCUT2D eigenvalue weighted by molar-refractivity contribution is 6.31. The molecule has 186 valence electrons. The van der Waals surface area contributed by atoms with Crippen molar-refractivity contribution in [1.29, 1.82) is 0 Å². The van der Waals surface area contributed by atoms with Crippen LogP contribution in [0.25, 0.3) is 0 Å². The molecule has 1 aliphatic heterocycles. The number of rotatable bonds is 6. The third kappa shape index (κ3) is 5.36. The zero-order chi connectivity index (χ0) is 25.9. The number of aryl methyl sites for hydroxylation is 1. The Morgan fingerprint density at radius 2 is 1.89 bits per heavy atom. The van der Waals surface area contributed by atoms with Crippen LogP contribution in [-0.4, -0.2) is 43.2 Å². The van der Waals surface area contributed by atoms with E-state index in [1.165, 1.54) is 0 Å². The summed E-state index contributed by atoms with van der Waals surface area (Å²) in [6.07, 6.45) is 5.09. The summed E-state index contributed by atoms with van der Waals surface area (Å²) in [6, 6.07) is 16.6. The maximum Gasteiger partial charge on any atom is 0.275 e. The van der Waals surface area contributed by atoms with Gasteiger partial charge in [0.2, 0.25) is 5.91 Å². The van der Waals surface area contributed by atoms with Crippen molar-refractivity contribution >= 4 is 40.7 Å². The lowest BCUT2D eigenvalue weighted by atomic mass is 10.1. The molecule has 9 nitrogen and oxygen atoms in total. The van der Waals surface area contributed by atoms with E-state index < -0.39 is 6.04 Å². The maximum absolute atomic E-state index is 13.7. The Kier molecular flexibility index (Phi) is 6.70. The molecule has 3 heterocycles. The number of carbonyl (C=O) groups excluding carboxylic acids is 3. The molecular weight excluding hydrogens is 492 g/mol. The number of hydrogen-bond donors (Lipinski definition) is 2. The lowest BCUT2D eigenvalue weighted by molar-refractivity contribution is -0.120. The summed E-state index contributed by atoms with van der Waals surface area (Å²) in [5, 5.41) is 6.09. The number of amides is 3. The zero-order valence-electron chi connectivity index (χ0n) is 19.9. The summed E-state index contributed by atoms with van der Waals surface area (Å²) >= 11 is 6.13. The lowest BCUT2D eigenvalue weighted by Crippen LogP contribution is -2.46. The van der Waals surface area contributed by atoms with E-state index in [1.807, 2.05) is 24.3 Å². The Bertz CT molecular complexity index is 1470. The van der Waals surface area contributed by atoms with Gasteiger partial charge in [0.25, 0.3) is 11.8 Å². The molecule has 5 rings (SSSR count). The summed E-state index contributed by atoms with van der Waals surface area (Å²) in [7, 11) is 1.79. The van der Waals surface area contributed by atoms with Crippen LogP contribution in [0.4, 0.5) is 11.4 Å². The minimum Gasteiger partial charge on any atom is -0.340 e. The van der Waals surface area contributed by atoms with Crippen LogP contribution in [0, 0.1) is 0 Å². The van der Waals surface area contributed by atoms with Crippen molar-refractivity contribution in [3.05, 3.63) is 107 Å². The first-order valence-electron chi connectivity index (χ1n) is 11.6. The molecule has 0 saturated carbocycles. The predicted molar refractivity (Wildman–Crippen MR) is 139 cm³/mol. The topological polar surface area (TPSA) is 109 Å². The first-order chi connectivity index (χ1) is 17.9. The van der Waals surface area contributed by atoms with Crippen LogP contribution in [0.5, 0.6) is 0 Å². The van der Waals surface area contributed by atoms with Crippen molar-refractivity contribution in [2.24, 2.45) is 7.05 Å². The Morgan fingerprint density at radius 3 is 2.59 bits per heavy atom. The quantitative estimate of drug-likeness (QED) is 0.405. The van der Waals surface area contributed by atoms with Crippen molar-refractivity contribution in [3.8, 4) is 0 Å². The maximum atomic E-state index is 13.7. The molecule has 0 radical (unpaired) electrons. The molecule has 0 unspecified atom stereocenters. The van der Waals surface area contributed by atoms with Crippen LogP contribution in [0.1, 0.15) is 32.1 Å². The number of halogens is 1. The van der Waals surface area contributed by atoms with Crippen LogP contribution in [0.2, 0.25) is 5.02 Å². The second-order valence-electron chi connectivity index (χ2n) is 8.73. The second-order valence-corrected chi connectivity index (χ2v) is 9.17. The molecule has 0 aliphatic carbocycles. The van der Waals surface area contributed by atoms with Crippen molar-refractivity contribution < 1.29 is 14.4 Å². The number of nitrogens with zero attached hydrogens (tertiary/aromatic N) is 4. The van der Waals surface area contributed by atoms with Gasteiger partial charge in [0.15, 0.2) is 0 Å². The number of anilines is 2. The van der Waals surface area contributed by atoms with Gasteiger partial charge in [0, 0.05) is 48.8 Å². The molecule has 2 aromatic heterocycles. The molecule has 0 spiro atoms. The smallest absolute Gasteiger partial charge is 0.275 e. The monoisotopic (exact) mass is 514 g/mol. The fraction of sp³-hybridized carbons (Fsp3) is 0.148. The zero-order valence-corrected chi connectivity index (χ0v) is 20.6. The molecule has 0 fully saturated rings. The van der Waals surface area contributed by atoms with Crippen molar-refractivity contribution in [2.75, 3.05) is 10.6 Å². The highest BCUT2D eigenvalue weighted by atomic mass is 35.5. The van der Waals surface area contributed by atoms with E-state index in [-0.39, 0.29) is 30.7 Å². The highest BCUT2D eigenvalue weighted by Crippen LogP contribution is 2.29. The minimum absolute atomic E-state index is 0.181. The molecule has 4 aromatic rings. The van der Waals surface area contributed by atoms with Gasteiger partial charge >= 0.3 is 0 Å². The standard InChI is InChI=1S/C27H23ClN6O3/c1-33-15-23(30-16-33)25(35)31-19-8-5-17(6-9-19)14-34-24(13-20-4-2-3-11-29-20)26(36)32-22-12-18(28)7-10-21(22)27(34)37/h2-12,15-16,24H,13-14H2,1H3,(H,31,35)(H,32,36)/t24-/m1/s1. The lowest BCUT2D eigenvalue weighted by Gasteiger charge is -2.28. The Labute approximate surface area is 218 Å². The number of nitrogens with one attached hydrogen (secondary N) is 2. The van der Waals surface area contributed by atoms with E-state index in [9.17, 15) is 14.4 Å². The Hall–Kier alpha value is -4.50.